The minimum atomic E-state index is -0.0868. The number of rotatable bonds is 4. The molecule has 27 heavy (non-hydrogen) atoms. The second-order valence-corrected chi connectivity index (χ2v) is 6.95. The van der Waals surface area contributed by atoms with Crippen molar-refractivity contribution in [3.63, 3.8) is 0 Å². The van der Waals surface area contributed by atoms with Gasteiger partial charge >= 0.3 is 0 Å². The van der Waals surface area contributed by atoms with Crippen LogP contribution < -0.4 is 16.4 Å². The minimum Gasteiger partial charge on any atom is -0.370 e. The van der Waals surface area contributed by atoms with Gasteiger partial charge in [0, 0.05) is 17.6 Å². The number of benzene rings is 1. The van der Waals surface area contributed by atoms with Crippen LogP contribution in [0.4, 0.5) is 17.3 Å². The molecule has 3 aromatic rings. The molecular formula is C19H24N8. The molecule has 0 spiro atoms. The minimum absolute atomic E-state index is 0.0868. The number of hydrogen-bond donors (Lipinski definition) is 4. The molecule has 2 aromatic heterocycles. The summed E-state index contributed by atoms with van der Waals surface area (Å²) in [5.41, 5.74) is 7.85. The van der Waals surface area contributed by atoms with Gasteiger partial charge in [-0.05, 0) is 37.1 Å². The molecule has 0 unspecified atom stereocenters. The number of anilines is 3. The van der Waals surface area contributed by atoms with Gasteiger partial charge in [-0.3, -0.25) is 5.41 Å². The standard InChI is InChI=1S/C19H24N8/c20-18(21)24-14-7-9-15(10-8-14)25-19-22-11-13-12-23-27(17(13)26-19)16-5-3-1-2-4-6-16/h7-12,16H,1-6H2,(H4,20,21,24)(H,22,25,26). The Kier molecular flexibility index (Phi) is 4.86. The highest BCUT2D eigenvalue weighted by Gasteiger charge is 2.18. The molecule has 0 amide bonds. The first-order valence-electron chi connectivity index (χ1n) is 9.37. The Bertz CT molecular complexity index is 923. The summed E-state index contributed by atoms with van der Waals surface area (Å²) >= 11 is 0. The molecule has 0 aliphatic heterocycles. The van der Waals surface area contributed by atoms with Crippen LogP contribution >= 0.6 is 0 Å². The zero-order chi connectivity index (χ0) is 18.6. The molecule has 8 nitrogen and oxygen atoms in total. The Hall–Kier alpha value is -3.16. The molecule has 1 aliphatic rings. The number of guanidine groups is 1. The molecule has 1 aromatic carbocycles. The molecule has 140 valence electrons. The fourth-order valence-corrected chi connectivity index (χ4v) is 3.59. The predicted octanol–water partition coefficient (Wildman–Crippen LogP) is 3.77. The van der Waals surface area contributed by atoms with E-state index in [1.54, 1.807) is 0 Å². The molecule has 8 heteroatoms. The topological polar surface area (TPSA) is 118 Å². The van der Waals surface area contributed by atoms with Gasteiger partial charge in [0.25, 0.3) is 0 Å². The lowest BCUT2D eigenvalue weighted by Gasteiger charge is -2.15. The van der Waals surface area contributed by atoms with Crippen LogP contribution in [0.25, 0.3) is 11.0 Å². The summed E-state index contributed by atoms with van der Waals surface area (Å²) in [5, 5.41) is 18.8. The quantitative estimate of drug-likeness (QED) is 0.318. The average Bonchev–Trinajstić information content (AvgIpc) is 2.88. The summed E-state index contributed by atoms with van der Waals surface area (Å²) in [6.45, 7) is 0. The molecule has 4 rings (SSSR count). The fourth-order valence-electron chi connectivity index (χ4n) is 3.59. The first-order chi connectivity index (χ1) is 13.2. The van der Waals surface area contributed by atoms with Gasteiger partial charge in [-0.25, -0.2) is 9.67 Å². The summed E-state index contributed by atoms with van der Waals surface area (Å²) in [6, 6.07) is 7.89. The number of aromatic nitrogens is 4. The van der Waals surface area contributed by atoms with Crippen molar-refractivity contribution >= 4 is 34.3 Å². The second-order valence-electron chi connectivity index (χ2n) is 6.95. The Morgan fingerprint density at radius 1 is 1.04 bits per heavy atom. The molecule has 0 bridgehead atoms. The summed E-state index contributed by atoms with van der Waals surface area (Å²) in [7, 11) is 0. The monoisotopic (exact) mass is 364 g/mol. The van der Waals surface area contributed by atoms with Gasteiger partial charge in [-0.1, -0.05) is 25.7 Å². The van der Waals surface area contributed by atoms with E-state index in [-0.39, 0.29) is 5.96 Å². The van der Waals surface area contributed by atoms with Gasteiger partial charge in [-0.2, -0.15) is 10.1 Å². The van der Waals surface area contributed by atoms with E-state index in [1.807, 2.05) is 36.7 Å². The maximum atomic E-state index is 7.27. The normalized spacial score (nSPS) is 15.4. The molecule has 2 heterocycles. The van der Waals surface area contributed by atoms with Crippen LogP contribution in [0.1, 0.15) is 44.6 Å². The lowest BCUT2D eigenvalue weighted by atomic mass is 10.1. The molecule has 0 radical (unpaired) electrons. The number of hydrogen-bond acceptors (Lipinski definition) is 5. The molecule has 0 atom stereocenters. The molecule has 5 N–H and O–H groups in total. The highest BCUT2D eigenvalue weighted by atomic mass is 15.3. The van der Waals surface area contributed by atoms with Gasteiger partial charge in [-0.15, -0.1) is 0 Å². The number of nitrogens with zero attached hydrogens (tertiary/aromatic N) is 4. The van der Waals surface area contributed by atoms with Gasteiger partial charge in [0.05, 0.1) is 17.6 Å². The van der Waals surface area contributed by atoms with E-state index in [9.17, 15) is 0 Å². The van der Waals surface area contributed by atoms with E-state index in [0.29, 0.717) is 12.0 Å². The van der Waals surface area contributed by atoms with Gasteiger partial charge in [0.2, 0.25) is 5.95 Å². The van der Waals surface area contributed by atoms with Crippen LogP contribution in [0.2, 0.25) is 0 Å². The van der Waals surface area contributed by atoms with Gasteiger partial charge in [0.15, 0.2) is 11.6 Å². The number of fused-ring (bicyclic) bond motifs is 1. The van der Waals surface area contributed by atoms with Crippen LogP contribution in [-0.2, 0) is 0 Å². The first-order valence-corrected chi connectivity index (χ1v) is 9.37. The zero-order valence-corrected chi connectivity index (χ0v) is 15.2. The summed E-state index contributed by atoms with van der Waals surface area (Å²) in [6.07, 6.45) is 11.1. The third kappa shape index (κ3) is 3.99. The summed E-state index contributed by atoms with van der Waals surface area (Å²) in [4.78, 5) is 9.12. The molecular weight excluding hydrogens is 340 g/mol. The Morgan fingerprint density at radius 3 is 2.44 bits per heavy atom. The number of nitrogens with one attached hydrogen (secondary N) is 3. The van der Waals surface area contributed by atoms with Crippen LogP contribution in [0, 0.1) is 5.41 Å². The Labute approximate surface area is 157 Å². The summed E-state index contributed by atoms with van der Waals surface area (Å²) in [5.74, 6) is 0.460. The van der Waals surface area contributed by atoms with E-state index in [0.717, 1.165) is 35.2 Å². The van der Waals surface area contributed by atoms with Crippen LogP contribution in [-0.4, -0.2) is 25.7 Å². The van der Waals surface area contributed by atoms with E-state index >= 15 is 0 Å². The average molecular weight is 364 g/mol. The maximum Gasteiger partial charge on any atom is 0.229 e. The van der Waals surface area contributed by atoms with Crippen molar-refractivity contribution < 1.29 is 0 Å². The highest BCUT2D eigenvalue weighted by molar-refractivity contribution is 5.89. The highest BCUT2D eigenvalue weighted by Crippen LogP contribution is 2.29. The van der Waals surface area contributed by atoms with Crippen molar-refractivity contribution in [1.82, 2.24) is 19.7 Å². The third-order valence-electron chi connectivity index (χ3n) is 4.92. The smallest absolute Gasteiger partial charge is 0.229 e. The van der Waals surface area contributed by atoms with Crippen molar-refractivity contribution in [3.8, 4) is 0 Å². The lowest BCUT2D eigenvalue weighted by molar-refractivity contribution is 0.415. The first kappa shape index (κ1) is 17.3. The Balaban J connectivity index is 1.55. The molecule has 1 fully saturated rings. The Morgan fingerprint density at radius 2 is 1.74 bits per heavy atom. The molecule has 1 saturated carbocycles. The van der Waals surface area contributed by atoms with Gasteiger partial charge in [0.1, 0.15) is 0 Å². The van der Waals surface area contributed by atoms with E-state index in [2.05, 4.69) is 25.4 Å². The van der Waals surface area contributed by atoms with Crippen molar-refractivity contribution in [2.45, 2.75) is 44.6 Å². The van der Waals surface area contributed by atoms with Crippen LogP contribution in [0.3, 0.4) is 0 Å². The second kappa shape index (κ2) is 7.61. The van der Waals surface area contributed by atoms with Crippen LogP contribution in [0.5, 0.6) is 0 Å². The van der Waals surface area contributed by atoms with Gasteiger partial charge < -0.3 is 16.4 Å². The van der Waals surface area contributed by atoms with E-state index in [4.69, 9.17) is 16.1 Å². The zero-order valence-electron chi connectivity index (χ0n) is 15.2. The third-order valence-corrected chi connectivity index (χ3v) is 4.92. The maximum absolute atomic E-state index is 7.27. The predicted molar refractivity (Wildman–Crippen MR) is 107 cm³/mol. The molecule has 0 saturated heterocycles. The van der Waals surface area contributed by atoms with E-state index in [1.165, 1.54) is 25.7 Å². The SMILES string of the molecule is N=C(N)Nc1ccc(Nc2ncc3cnn(C4CCCCCC4)c3n2)cc1. The van der Waals surface area contributed by atoms with Crippen molar-refractivity contribution in [1.29, 1.82) is 5.41 Å². The number of nitrogens with two attached hydrogens (primary N) is 1. The van der Waals surface area contributed by atoms with Crippen molar-refractivity contribution in [2.75, 3.05) is 10.6 Å². The largest absolute Gasteiger partial charge is 0.370 e. The molecule has 1 aliphatic carbocycles. The van der Waals surface area contributed by atoms with Crippen LogP contribution in [0.15, 0.2) is 36.7 Å². The lowest BCUT2D eigenvalue weighted by Crippen LogP contribution is -2.20. The summed E-state index contributed by atoms with van der Waals surface area (Å²) < 4.78 is 2.08. The van der Waals surface area contributed by atoms with Crippen molar-refractivity contribution in [2.24, 2.45) is 5.73 Å². The fraction of sp³-hybridized carbons (Fsp3) is 0.368. The van der Waals surface area contributed by atoms with Crippen molar-refractivity contribution in [3.05, 3.63) is 36.7 Å². The van der Waals surface area contributed by atoms with E-state index < -0.39 is 0 Å².